The summed E-state index contributed by atoms with van der Waals surface area (Å²) in [6, 6.07) is 16.1. The number of aryl methyl sites for hydroxylation is 3. The number of benzene rings is 2. The highest BCUT2D eigenvalue weighted by Crippen LogP contribution is 2.20. The van der Waals surface area contributed by atoms with Crippen LogP contribution in [0.2, 0.25) is 0 Å². The van der Waals surface area contributed by atoms with Gasteiger partial charge in [0.05, 0.1) is 17.6 Å². The van der Waals surface area contributed by atoms with Crippen LogP contribution < -0.4 is 0 Å². The van der Waals surface area contributed by atoms with Gasteiger partial charge in [-0.25, -0.2) is 0 Å². The SMILES string of the molecule is Cc1nn(CCc2ccccc2)c2cc(CC(=O)O)ccc12. The van der Waals surface area contributed by atoms with E-state index in [9.17, 15) is 4.79 Å². The molecule has 0 aliphatic heterocycles. The molecule has 0 amide bonds. The molecule has 4 heteroatoms. The van der Waals surface area contributed by atoms with E-state index in [1.54, 1.807) is 0 Å². The van der Waals surface area contributed by atoms with Crippen LogP contribution in [0.3, 0.4) is 0 Å². The van der Waals surface area contributed by atoms with Crippen molar-refractivity contribution in [3.05, 3.63) is 65.4 Å². The van der Waals surface area contributed by atoms with Crippen molar-refractivity contribution in [2.24, 2.45) is 0 Å². The number of aliphatic carboxylic acids is 1. The van der Waals surface area contributed by atoms with Gasteiger partial charge in [0.2, 0.25) is 0 Å². The van der Waals surface area contributed by atoms with E-state index in [4.69, 9.17) is 5.11 Å². The average molecular weight is 294 g/mol. The van der Waals surface area contributed by atoms with Crippen molar-refractivity contribution >= 4 is 16.9 Å². The Labute approximate surface area is 129 Å². The summed E-state index contributed by atoms with van der Waals surface area (Å²) in [5.74, 6) is -0.813. The molecule has 3 aromatic rings. The Morgan fingerprint density at radius 3 is 2.64 bits per heavy atom. The van der Waals surface area contributed by atoms with Gasteiger partial charge in [-0.1, -0.05) is 42.5 Å². The summed E-state index contributed by atoms with van der Waals surface area (Å²) in [7, 11) is 0. The Hall–Kier alpha value is -2.62. The maximum absolute atomic E-state index is 10.9. The second-order valence-corrected chi connectivity index (χ2v) is 5.47. The van der Waals surface area contributed by atoms with Crippen molar-refractivity contribution in [3.8, 4) is 0 Å². The molecule has 3 rings (SSSR count). The molecule has 22 heavy (non-hydrogen) atoms. The molecule has 0 radical (unpaired) electrons. The zero-order valence-corrected chi connectivity index (χ0v) is 12.5. The lowest BCUT2D eigenvalue weighted by atomic mass is 10.1. The highest BCUT2D eigenvalue weighted by molar-refractivity contribution is 5.83. The summed E-state index contributed by atoms with van der Waals surface area (Å²) < 4.78 is 1.98. The molecule has 0 fully saturated rings. The Bertz CT molecular complexity index is 807. The summed E-state index contributed by atoms with van der Waals surface area (Å²) in [4.78, 5) is 10.9. The zero-order chi connectivity index (χ0) is 15.5. The molecule has 0 atom stereocenters. The number of hydrogen-bond acceptors (Lipinski definition) is 2. The first-order valence-corrected chi connectivity index (χ1v) is 7.35. The molecule has 0 aliphatic carbocycles. The van der Waals surface area contributed by atoms with Crippen LogP contribution in [0.15, 0.2) is 48.5 Å². The third-order valence-electron chi connectivity index (χ3n) is 3.81. The largest absolute Gasteiger partial charge is 0.481 e. The molecule has 1 aromatic heterocycles. The van der Waals surface area contributed by atoms with Gasteiger partial charge in [-0.2, -0.15) is 5.10 Å². The first kappa shape index (κ1) is 14.3. The van der Waals surface area contributed by atoms with E-state index < -0.39 is 5.97 Å². The van der Waals surface area contributed by atoms with E-state index in [-0.39, 0.29) is 6.42 Å². The third kappa shape index (κ3) is 3.01. The molecule has 0 unspecified atom stereocenters. The van der Waals surface area contributed by atoms with Gasteiger partial charge in [0.25, 0.3) is 0 Å². The minimum Gasteiger partial charge on any atom is -0.481 e. The van der Waals surface area contributed by atoms with Crippen LogP contribution in [-0.2, 0) is 24.2 Å². The van der Waals surface area contributed by atoms with Gasteiger partial charge in [-0.05, 0) is 30.5 Å². The van der Waals surface area contributed by atoms with E-state index in [1.165, 1.54) is 5.56 Å². The van der Waals surface area contributed by atoms with Crippen LogP contribution in [0.5, 0.6) is 0 Å². The fourth-order valence-corrected chi connectivity index (χ4v) is 2.72. The number of fused-ring (bicyclic) bond motifs is 1. The third-order valence-corrected chi connectivity index (χ3v) is 3.81. The lowest BCUT2D eigenvalue weighted by molar-refractivity contribution is -0.136. The Balaban J connectivity index is 1.89. The number of rotatable bonds is 5. The predicted octanol–water partition coefficient (Wildman–Crippen LogP) is 3.21. The summed E-state index contributed by atoms with van der Waals surface area (Å²) in [5, 5.41) is 14.6. The average Bonchev–Trinajstić information content (AvgIpc) is 2.82. The fourth-order valence-electron chi connectivity index (χ4n) is 2.72. The number of aromatic nitrogens is 2. The summed E-state index contributed by atoms with van der Waals surface area (Å²) in [6.07, 6.45) is 0.944. The number of nitrogens with zero attached hydrogens (tertiary/aromatic N) is 2. The van der Waals surface area contributed by atoms with Crippen molar-refractivity contribution in [3.63, 3.8) is 0 Å². The molecule has 1 heterocycles. The Kier molecular flexibility index (Phi) is 3.92. The Morgan fingerprint density at radius 2 is 1.91 bits per heavy atom. The summed E-state index contributed by atoms with van der Waals surface area (Å²) in [5.41, 5.74) is 4.06. The van der Waals surface area contributed by atoms with Gasteiger partial charge >= 0.3 is 5.97 Å². The first-order valence-electron chi connectivity index (χ1n) is 7.35. The van der Waals surface area contributed by atoms with E-state index in [0.717, 1.165) is 35.1 Å². The Morgan fingerprint density at radius 1 is 1.14 bits per heavy atom. The number of hydrogen-bond donors (Lipinski definition) is 1. The molecule has 0 spiro atoms. The maximum atomic E-state index is 10.9. The van der Waals surface area contributed by atoms with Crippen LogP contribution in [0.25, 0.3) is 10.9 Å². The van der Waals surface area contributed by atoms with Gasteiger partial charge < -0.3 is 5.11 Å². The van der Waals surface area contributed by atoms with Gasteiger partial charge in [0.1, 0.15) is 0 Å². The highest BCUT2D eigenvalue weighted by atomic mass is 16.4. The summed E-state index contributed by atoms with van der Waals surface area (Å²) >= 11 is 0. The number of carboxylic acids is 1. The molecule has 4 nitrogen and oxygen atoms in total. The van der Waals surface area contributed by atoms with Crippen molar-refractivity contribution in [2.75, 3.05) is 0 Å². The standard InChI is InChI=1S/C18H18N2O2/c1-13-16-8-7-15(12-18(21)22)11-17(16)20(19-13)10-9-14-5-3-2-4-6-14/h2-8,11H,9-10,12H2,1H3,(H,21,22). The van der Waals surface area contributed by atoms with Crippen LogP contribution in [0, 0.1) is 6.92 Å². The molecule has 112 valence electrons. The minimum absolute atomic E-state index is 0.0405. The van der Waals surface area contributed by atoms with Gasteiger partial charge in [-0.3, -0.25) is 9.48 Å². The monoisotopic (exact) mass is 294 g/mol. The second-order valence-electron chi connectivity index (χ2n) is 5.47. The lowest BCUT2D eigenvalue weighted by Gasteiger charge is -2.05. The van der Waals surface area contributed by atoms with Crippen LogP contribution in [0.4, 0.5) is 0 Å². The van der Waals surface area contributed by atoms with Crippen LogP contribution in [0.1, 0.15) is 16.8 Å². The van der Waals surface area contributed by atoms with Crippen LogP contribution in [-0.4, -0.2) is 20.9 Å². The molecule has 0 aliphatic rings. The van der Waals surface area contributed by atoms with Crippen molar-refractivity contribution < 1.29 is 9.90 Å². The topological polar surface area (TPSA) is 55.1 Å². The molecule has 0 saturated carbocycles. The normalized spacial score (nSPS) is 11.0. The van der Waals surface area contributed by atoms with Crippen LogP contribution >= 0.6 is 0 Å². The van der Waals surface area contributed by atoms with E-state index in [2.05, 4.69) is 17.2 Å². The number of carbonyl (C=O) groups is 1. The van der Waals surface area contributed by atoms with Crippen molar-refractivity contribution in [1.82, 2.24) is 9.78 Å². The van der Waals surface area contributed by atoms with E-state index >= 15 is 0 Å². The molecule has 1 N–H and O–H groups in total. The first-order chi connectivity index (χ1) is 10.6. The molecule has 0 saturated heterocycles. The minimum atomic E-state index is -0.813. The van der Waals surface area contributed by atoms with Gasteiger partial charge in [0, 0.05) is 11.9 Å². The molecule has 2 aromatic carbocycles. The van der Waals surface area contributed by atoms with E-state index in [1.807, 2.05) is 48.0 Å². The van der Waals surface area contributed by atoms with Crippen molar-refractivity contribution in [2.45, 2.75) is 26.3 Å². The fraction of sp³-hybridized carbons (Fsp3) is 0.222. The smallest absolute Gasteiger partial charge is 0.307 e. The maximum Gasteiger partial charge on any atom is 0.307 e. The van der Waals surface area contributed by atoms with Crippen molar-refractivity contribution in [1.29, 1.82) is 0 Å². The molecular weight excluding hydrogens is 276 g/mol. The molecular formula is C18H18N2O2. The lowest BCUT2D eigenvalue weighted by Crippen LogP contribution is -2.04. The summed E-state index contributed by atoms with van der Waals surface area (Å²) in [6.45, 7) is 2.77. The van der Waals surface area contributed by atoms with Gasteiger partial charge in [-0.15, -0.1) is 0 Å². The highest BCUT2D eigenvalue weighted by Gasteiger charge is 2.09. The quantitative estimate of drug-likeness (QED) is 0.786. The molecule has 0 bridgehead atoms. The number of carboxylic acid groups (broad SMARTS) is 1. The predicted molar refractivity (Wildman–Crippen MR) is 86.0 cm³/mol. The van der Waals surface area contributed by atoms with Gasteiger partial charge in [0.15, 0.2) is 0 Å². The van der Waals surface area contributed by atoms with E-state index in [0.29, 0.717) is 0 Å². The zero-order valence-electron chi connectivity index (χ0n) is 12.5. The second kappa shape index (κ2) is 6.02.